The van der Waals surface area contributed by atoms with Gasteiger partial charge >= 0.3 is 0 Å². The second-order valence-electron chi connectivity index (χ2n) is 10.7. The number of nitrogens with one attached hydrogen (secondary N) is 2. The molecule has 1 unspecified atom stereocenters. The minimum atomic E-state index is -3.83. The number of amides is 2. The average Bonchev–Trinajstić information content (AvgIpc) is 3.01. The quantitative estimate of drug-likeness (QED) is 0.262. The Morgan fingerprint density at radius 3 is 2.39 bits per heavy atom. The van der Waals surface area contributed by atoms with Crippen molar-refractivity contribution >= 4 is 33.2 Å². The summed E-state index contributed by atoms with van der Waals surface area (Å²) in [6, 6.07) is 26.7. The van der Waals surface area contributed by atoms with Crippen LogP contribution in [0.1, 0.15) is 22.3 Å². The summed E-state index contributed by atoms with van der Waals surface area (Å²) >= 11 is 0. The molecule has 0 bridgehead atoms. The maximum absolute atomic E-state index is 13.4. The van der Waals surface area contributed by atoms with E-state index in [0.717, 1.165) is 16.7 Å². The summed E-state index contributed by atoms with van der Waals surface area (Å²) in [6.45, 7) is 5.74. The number of anilines is 2. The Morgan fingerprint density at radius 1 is 0.886 bits per heavy atom. The SMILES string of the molecule is Cc1ccc(NS(=O)(=O)c2ccc(OCC(=O)N3CC(C(=O)NCCc4ccccc4)Oc4ccccc43)c(C)c2)cc1C. The van der Waals surface area contributed by atoms with Crippen molar-refractivity contribution in [2.75, 3.05) is 29.3 Å². The fourth-order valence-corrected chi connectivity index (χ4v) is 6.02. The molecule has 4 aromatic rings. The van der Waals surface area contributed by atoms with Crippen LogP contribution in [0, 0.1) is 20.8 Å². The van der Waals surface area contributed by atoms with Crippen LogP contribution in [0.4, 0.5) is 11.4 Å². The Bertz CT molecular complexity index is 1780. The maximum Gasteiger partial charge on any atom is 0.265 e. The number of aryl methyl sites for hydroxylation is 3. The lowest BCUT2D eigenvalue weighted by Gasteiger charge is -2.34. The van der Waals surface area contributed by atoms with Crippen molar-refractivity contribution in [3.63, 3.8) is 0 Å². The fraction of sp³-hybridized carbons (Fsp3) is 0.235. The molecule has 0 radical (unpaired) electrons. The maximum atomic E-state index is 13.4. The summed E-state index contributed by atoms with van der Waals surface area (Å²) in [6.07, 6.45) is -0.214. The lowest BCUT2D eigenvalue weighted by molar-refractivity contribution is -0.128. The van der Waals surface area contributed by atoms with Crippen LogP contribution < -0.4 is 24.4 Å². The molecule has 0 saturated carbocycles. The number of para-hydroxylation sites is 2. The van der Waals surface area contributed by atoms with Crippen molar-refractivity contribution in [2.45, 2.75) is 38.2 Å². The fourth-order valence-electron chi connectivity index (χ4n) is 4.88. The molecule has 0 saturated heterocycles. The smallest absolute Gasteiger partial charge is 0.265 e. The number of carbonyl (C=O) groups is 2. The van der Waals surface area contributed by atoms with Crippen LogP contribution in [-0.2, 0) is 26.0 Å². The highest BCUT2D eigenvalue weighted by molar-refractivity contribution is 7.92. The predicted octanol–water partition coefficient (Wildman–Crippen LogP) is 4.94. The highest BCUT2D eigenvalue weighted by atomic mass is 32.2. The third-order valence-corrected chi connectivity index (χ3v) is 8.87. The molecule has 0 aromatic heterocycles. The van der Waals surface area contributed by atoms with Crippen LogP contribution in [0.3, 0.4) is 0 Å². The van der Waals surface area contributed by atoms with E-state index in [1.807, 2.05) is 50.2 Å². The number of hydrogen-bond donors (Lipinski definition) is 2. The van der Waals surface area contributed by atoms with Crippen LogP contribution in [0.15, 0.2) is 95.9 Å². The highest BCUT2D eigenvalue weighted by Gasteiger charge is 2.34. The van der Waals surface area contributed by atoms with E-state index in [9.17, 15) is 18.0 Å². The van der Waals surface area contributed by atoms with Crippen LogP contribution in [0.25, 0.3) is 0 Å². The van der Waals surface area contributed by atoms with Crippen molar-refractivity contribution in [1.29, 1.82) is 0 Å². The minimum absolute atomic E-state index is 0.0245. The lowest BCUT2D eigenvalue weighted by atomic mass is 10.1. The Morgan fingerprint density at radius 2 is 1.64 bits per heavy atom. The van der Waals surface area contributed by atoms with E-state index in [4.69, 9.17) is 9.47 Å². The van der Waals surface area contributed by atoms with Gasteiger partial charge in [-0.1, -0.05) is 48.5 Å². The second-order valence-corrected chi connectivity index (χ2v) is 12.4. The monoisotopic (exact) mass is 613 g/mol. The summed E-state index contributed by atoms with van der Waals surface area (Å²) in [7, 11) is -3.83. The van der Waals surface area contributed by atoms with Crippen LogP contribution in [-0.4, -0.2) is 46.0 Å². The Labute approximate surface area is 257 Å². The zero-order valence-electron chi connectivity index (χ0n) is 24.9. The van der Waals surface area contributed by atoms with E-state index in [2.05, 4.69) is 10.0 Å². The molecule has 2 N–H and O–H groups in total. The van der Waals surface area contributed by atoms with Crippen LogP contribution in [0.2, 0.25) is 0 Å². The molecule has 0 aliphatic carbocycles. The van der Waals surface area contributed by atoms with E-state index in [1.54, 1.807) is 43.3 Å². The first-order chi connectivity index (χ1) is 21.1. The van der Waals surface area contributed by atoms with Gasteiger partial charge in [0.1, 0.15) is 11.5 Å². The molecule has 5 rings (SSSR count). The third-order valence-electron chi connectivity index (χ3n) is 7.49. The number of hydrogen-bond acceptors (Lipinski definition) is 6. The van der Waals surface area contributed by atoms with Crippen molar-refractivity contribution in [3.8, 4) is 11.5 Å². The molecule has 0 fully saturated rings. The summed E-state index contributed by atoms with van der Waals surface area (Å²) in [5, 5.41) is 2.91. The first-order valence-electron chi connectivity index (χ1n) is 14.3. The highest BCUT2D eigenvalue weighted by Crippen LogP contribution is 2.33. The zero-order chi connectivity index (χ0) is 31.3. The van der Waals surface area contributed by atoms with Gasteiger partial charge in [-0.05, 0) is 91.9 Å². The Hall–Kier alpha value is -4.83. The molecule has 1 aliphatic heterocycles. The van der Waals surface area contributed by atoms with Gasteiger partial charge in [0, 0.05) is 12.2 Å². The molecule has 228 valence electrons. The molecule has 1 atom stereocenters. The van der Waals surface area contributed by atoms with Crippen molar-refractivity contribution in [2.24, 2.45) is 0 Å². The van der Waals surface area contributed by atoms with E-state index in [1.165, 1.54) is 23.1 Å². The summed E-state index contributed by atoms with van der Waals surface area (Å²) in [5.74, 6) is 0.129. The third kappa shape index (κ3) is 7.20. The summed E-state index contributed by atoms with van der Waals surface area (Å²) in [5.41, 5.74) is 4.73. The molecule has 10 heteroatoms. The number of benzene rings is 4. The number of sulfonamides is 1. The van der Waals surface area contributed by atoms with Gasteiger partial charge in [0.25, 0.3) is 21.8 Å². The molecule has 1 aliphatic rings. The Kier molecular flexibility index (Phi) is 9.20. The normalized spacial score (nSPS) is 14.2. The standard InChI is InChI=1S/C34H35N3O6S/c1-23-13-14-27(19-24(23)2)36-44(40,41)28-15-16-30(25(3)20-28)42-22-33(38)37-21-32(43-31-12-8-7-11-29(31)37)34(39)35-18-17-26-9-5-4-6-10-26/h4-16,19-20,32,36H,17-18,21-22H2,1-3H3,(H,35,39). The minimum Gasteiger partial charge on any atom is -0.483 e. The van der Waals surface area contributed by atoms with Crippen LogP contribution in [0.5, 0.6) is 11.5 Å². The van der Waals surface area contributed by atoms with Gasteiger partial charge in [0.15, 0.2) is 12.7 Å². The summed E-state index contributed by atoms with van der Waals surface area (Å²) < 4.78 is 40.4. The number of nitrogens with zero attached hydrogens (tertiary/aromatic N) is 1. The number of fused-ring (bicyclic) bond motifs is 1. The molecular formula is C34H35N3O6S. The summed E-state index contributed by atoms with van der Waals surface area (Å²) in [4.78, 5) is 28.0. The predicted molar refractivity (Wildman–Crippen MR) is 170 cm³/mol. The van der Waals surface area contributed by atoms with Gasteiger partial charge in [0.2, 0.25) is 0 Å². The van der Waals surface area contributed by atoms with E-state index >= 15 is 0 Å². The zero-order valence-corrected chi connectivity index (χ0v) is 25.7. The van der Waals surface area contributed by atoms with Crippen molar-refractivity contribution in [1.82, 2.24) is 5.32 Å². The van der Waals surface area contributed by atoms with Crippen molar-refractivity contribution < 1.29 is 27.5 Å². The van der Waals surface area contributed by atoms with Gasteiger partial charge in [-0.25, -0.2) is 8.42 Å². The second kappa shape index (κ2) is 13.2. The molecule has 0 spiro atoms. The van der Waals surface area contributed by atoms with Gasteiger partial charge in [-0.3, -0.25) is 14.3 Å². The molecule has 2 amide bonds. The number of ether oxygens (including phenoxy) is 2. The van der Waals surface area contributed by atoms with Gasteiger partial charge < -0.3 is 19.7 Å². The van der Waals surface area contributed by atoms with E-state index in [-0.39, 0.29) is 29.9 Å². The number of carbonyl (C=O) groups excluding carboxylic acids is 2. The van der Waals surface area contributed by atoms with E-state index in [0.29, 0.717) is 41.4 Å². The van der Waals surface area contributed by atoms with Gasteiger partial charge in [-0.2, -0.15) is 0 Å². The average molecular weight is 614 g/mol. The van der Waals surface area contributed by atoms with Gasteiger partial charge in [-0.15, -0.1) is 0 Å². The topological polar surface area (TPSA) is 114 Å². The number of rotatable bonds is 10. The first-order valence-corrected chi connectivity index (χ1v) is 15.8. The molecule has 44 heavy (non-hydrogen) atoms. The molecule has 1 heterocycles. The van der Waals surface area contributed by atoms with Gasteiger partial charge in [0.05, 0.1) is 17.1 Å². The van der Waals surface area contributed by atoms with Crippen LogP contribution >= 0.6 is 0 Å². The van der Waals surface area contributed by atoms with E-state index < -0.39 is 16.1 Å². The lowest BCUT2D eigenvalue weighted by Crippen LogP contribution is -2.52. The van der Waals surface area contributed by atoms with Crippen molar-refractivity contribution in [3.05, 3.63) is 113 Å². The molecular weight excluding hydrogens is 578 g/mol. The first kappa shape index (κ1) is 30.6. The molecule has 9 nitrogen and oxygen atoms in total. The molecule has 4 aromatic carbocycles. The Balaban J connectivity index is 1.22. The largest absolute Gasteiger partial charge is 0.483 e.